The van der Waals surface area contributed by atoms with Crippen LogP contribution in [0.5, 0.6) is 0 Å². The largest absolute Gasteiger partial charge is 0.452 e. The number of ketones is 1. The molecular formula is C18H14BrN3O3. The van der Waals surface area contributed by atoms with Gasteiger partial charge < -0.3 is 4.74 Å². The van der Waals surface area contributed by atoms with Crippen LogP contribution in [0.1, 0.15) is 26.5 Å². The van der Waals surface area contributed by atoms with Crippen molar-refractivity contribution < 1.29 is 14.3 Å². The topological polar surface area (TPSA) is 74.1 Å². The molecule has 0 amide bonds. The molecule has 1 aromatic heterocycles. The number of hydrogen-bond donors (Lipinski definition) is 0. The van der Waals surface area contributed by atoms with Gasteiger partial charge in [0.2, 0.25) is 0 Å². The molecule has 0 N–H and O–H groups in total. The number of aryl methyl sites for hydroxylation is 1. The minimum Gasteiger partial charge on any atom is -0.452 e. The molecule has 0 spiro atoms. The summed E-state index contributed by atoms with van der Waals surface area (Å²) in [5, 5.41) is 8.37. The Kier molecular flexibility index (Phi) is 5.04. The zero-order valence-electron chi connectivity index (χ0n) is 13.3. The third-order valence-corrected chi connectivity index (χ3v) is 3.94. The van der Waals surface area contributed by atoms with Crippen molar-refractivity contribution in [1.82, 2.24) is 15.0 Å². The van der Waals surface area contributed by atoms with E-state index in [1.807, 2.05) is 36.4 Å². The molecule has 0 aliphatic heterocycles. The zero-order valence-corrected chi connectivity index (χ0v) is 14.9. The number of esters is 1. The van der Waals surface area contributed by atoms with Gasteiger partial charge in [-0.05, 0) is 31.2 Å². The Balaban J connectivity index is 1.70. The molecule has 0 aliphatic rings. The van der Waals surface area contributed by atoms with Crippen LogP contribution < -0.4 is 0 Å². The van der Waals surface area contributed by atoms with Crippen LogP contribution in [0.4, 0.5) is 0 Å². The number of para-hydroxylation sites is 1. The summed E-state index contributed by atoms with van der Waals surface area (Å²) in [5.74, 6) is -0.967. The molecule has 0 aliphatic carbocycles. The summed E-state index contributed by atoms with van der Waals surface area (Å²) in [6.45, 7) is 1.31. The van der Waals surface area contributed by atoms with E-state index in [0.29, 0.717) is 11.3 Å². The number of ether oxygens (including phenoxy) is 1. The summed E-state index contributed by atoms with van der Waals surface area (Å²) in [7, 11) is 0. The van der Waals surface area contributed by atoms with E-state index >= 15 is 0 Å². The van der Waals surface area contributed by atoms with Crippen LogP contribution in [-0.4, -0.2) is 33.4 Å². The van der Waals surface area contributed by atoms with Crippen molar-refractivity contribution in [3.05, 3.63) is 76.0 Å². The highest BCUT2D eigenvalue weighted by Gasteiger charge is 2.19. The molecule has 7 heteroatoms. The standard InChI is InChI=1S/C18H14BrN3O3/c1-12-17(21-22(20-12)15-8-3-2-4-9-15)18(24)25-11-16(23)13-6-5-7-14(19)10-13/h2-10H,11H2,1H3. The van der Waals surface area contributed by atoms with Crippen molar-refractivity contribution in [3.8, 4) is 5.69 Å². The molecule has 0 atom stereocenters. The summed E-state index contributed by atoms with van der Waals surface area (Å²) in [6.07, 6.45) is 0. The maximum Gasteiger partial charge on any atom is 0.361 e. The molecular weight excluding hydrogens is 386 g/mol. The number of carbonyl (C=O) groups is 2. The Bertz CT molecular complexity index is 922. The van der Waals surface area contributed by atoms with E-state index < -0.39 is 5.97 Å². The fraction of sp³-hybridized carbons (Fsp3) is 0.111. The van der Waals surface area contributed by atoms with Crippen LogP contribution >= 0.6 is 15.9 Å². The Labute approximate surface area is 152 Å². The van der Waals surface area contributed by atoms with Gasteiger partial charge in [-0.2, -0.15) is 9.90 Å². The summed E-state index contributed by atoms with van der Waals surface area (Å²) >= 11 is 3.30. The molecule has 0 radical (unpaired) electrons. The van der Waals surface area contributed by atoms with Crippen molar-refractivity contribution in [3.63, 3.8) is 0 Å². The summed E-state index contributed by atoms with van der Waals surface area (Å²) in [6, 6.07) is 16.1. The van der Waals surface area contributed by atoms with Gasteiger partial charge in [0.25, 0.3) is 0 Å². The molecule has 2 aromatic carbocycles. The van der Waals surface area contributed by atoms with Crippen molar-refractivity contribution >= 4 is 27.7 Å². The van der Waals surface area contributed by atoms with Crippen molar-refractivity contribution in [2.45, 2.75) is 6.92 Å². The number of hydrogen-bond acceptors (Lipinski definition) is 5. The van der Waals surface area contributed by atoms with Gasteiger partial charge in [0.05, 0.1) is 11.4 Å². The second kappa shape index (κ2) is 7.40. The number of aromatic nitrogens is 3. The molecule has 3 rings (SSSR count). The Morgan fingerprint density at radius 2 is 1.84 bits per heavy atom. The lowest BCUT2D eigenvalue weighted by Crippen LogP contribution is -2.15. The predicted octanol–water partition coefficient (Wildman–Crippen LogP) is 3.38. The SMILES string of the molecule is Cc1nn(-c2ccccc2)nc1C(=O)OCC(=O)c1cccc(Br)c1. The van der Waals surface area contributed by atoms with Gasteiger partial charge in [0, 0.05) is 10.0 Å². The van der Waals surface area contributed by atoms with E-state index in [2.05, 4.69) is 26.1 Å². The van der Waals surface area contributed by atoms with Gasteiger partial charge in [0.15, 0.2) is 18.1 Å². The highest BCUT2D eigenvalue weighted by atomic mass is 79.9. The first kappa shape index (κ1) is 17.0. The predicted molar refractivity (Wildman–Crippen MR) is 94.9 cm³/mol. The van der Waals surface area contributed by atoms with Crippen molar-refractivity contribution in [1.29, 1.82) is 0 Å². The Morgan fingerprint density at radius 3 is 2.56 bits per heavy atom. The lowest BCUT2D eigenvalue weighted by atomic mass is 10.1. The fourth-order valence-corrected chi connectivity index (χ4v) is 2.59. The first-order valence-corrected chi connectivity index (χ1v) is 8.29. The first-order valence-electron chi connectivity index (χ1n) is 7.50. The van der Waals surface area contributed by atoms with Gasteiger partial charge in [-0.15, -0.1) is 5.10 Å². The average Bonchev–Trinajstić information content (AvgIpc) is 3.02. The normalized spacial score (nSPS) is 10.5. The molecule has 1 heterocycles. The maximum absolute atomic E-state index is 12.2. The van der Waals surface area contributed by atoms with E-state index in [1.165, 1.54) is 4.80 Å². The number of Topliss-reactive ketones (excluding diaryl/α,β-unsaturated/α-hetero) is 1. The van der Waals surface area contributed by atoms with E-state index in [0.717, 1.165) is 10.2 Å². The third kappa shape index (κ3) is 4.00. The van der Waals surface area contributed by atoms with Crippen LogP contribution in [0, 0.1) is 6.92 Å². The molecule has 0 unspecified atom stereocenters. The lowest BCUT2D eigenvalue weighted by molar-refractivity contribution is 0.0467. The quantitative estimate of drug-likeness (QED) is 0.485. The summed E-state index contributed by atoms with van der Waals surface area (Å²) in [5.41, 5.74) is 1.72. The van der Waals surface area contributed by atoms with Crippen LogP contribution in [0.3, 0.4) is 0 Å². The highest BCUT2D eigenvalue weighted by Crippen LogP contribution is 2.13. The van der Waals surface area contributed by atoms with Crippen LogP contribution in [0.2, 0.25) is 0 Å². The number of carbonyl (C=O) groups excluding carboxylic acids is 2. The van der Waals surface area contributed by atoms with Crippen LogP contribution in [0.15, 0.2) is 59.1 Å². The van der Waals surface area contributed by atoms with Crippen LogP contribution in [-0.2, 0) is 4.74 Å². The van der Waals surface area contributed by atoms with Gasteiger partial charge >= 0.3 is 5.97 Å². The third-order valence-electron chi connectivity index (χ3n) is 3.44. The minimum absolute atomic E-state index is 0.0888. The zero-order chi connectivity index (χ0) is 17.8. The van der Waals surface area contributed by atoms with E-state index in [9.17, 15) is 9.59 Å². The second-order valence-corrected chi connectivity index (χ2v) is 6.18. The van der Waals surface area contributed by atoms with Gasteiger partial charge in [-0.3, -0.25) is 4.79 Å². The number of halogens is 1. The molecule has 3 aromatic rings. The molecule has 126 valence electrons. The van der Waals surface area contributed by atoms with Gasteiger partial charge in [0.1, 0.15) is 0 Å². The molecule has 0 fully saturated rings. The fourth-order valence-electron chi connectivity index (χ4n) is 2.19. The van der Waals surface area contributed by atoms with E-state index in [1.54, 1.807) is 25.1 Å². The van der Waals surface area contributed by atoms with Gasteiger partial charge in [-0.25, -0.2) is 4.79 Å². The van der Waals surface area contributed by atoms with Crippen LogP contribution in [0.25, 0.3) is 5.69 Å². The monoisotopic (exact) mass is 399 g/mol. The lowest BCUT2D eigenvalue weighted by Gasteiger charge is -2.03. The Morgan fingerprint density at radius 1 is 1.08 bits per heavy atom. The smallest absolute Gasteiger partial charge is 0.361 e. The molecule has 25 heavy (non-hydrogen) atoms. The number of nitrogens with zero attached hydrogens (tertiary/aromatic N) is 3. The van der Waals surface area contributed by atoms with Crippen molar-refractivity contribution in [2.75, 3.05) is 6.61 Å². The Hall–Kier alpha value is -2.80. The highest BCUT2D eigenvalue weighted by molar-refractivity contribution is 9.10. The van der Waals surface area contributed by atoms with E-state index in [-0.39, 0.29) is 18.1 Å². The summed E-state index contributed by atoms with van der Waals surface area (Å²) in [4.78, 5) is 25.7. The molecule has 6 nitrogen and oxygen atoms in total. The molecule has 0 bridgehead atoms. The maximum atomic E-state index is 12.2. The number of benzene rings is 2. The first-order chi connectivity index (χ1) is 12.0. The van der Waals surface area contributed by atoms with E-state index in [4.69, 9.17) is 4.74 Å². The van der Waals surface area contributed by atoms with Crippen molar-refractivity contribution in [2.24, 2.45) is 0 Å². The second-order valence-electron chi connectivity index (χ2n) is 5.27. The summed E-state index contributed by atoms with van der Waals surface area (Å²) < 4.78 is 5.88. The molecule has 0 saturated carbocycles. The average molecular weight is 400 g/mol. The number of rotatable bonds is 5. The van der Waals surface area contributed by atoms with Gasteiger partial charge in [-0.1, -0.05) is 46.3 Å². The minimum atomic E-state index is -0.678. The molecule has 0 saturated heterocycles.